The van der Waals surface area contributed by atoms with Crippen molar-refractivity contribution in [3.8, 4) is 0 Å². The number of amides is 1. The Morgan fingerprint density at radius 1 is 1.58 bits per heavy atom. The van der Waals surface area contributed by atoms with Crippen LogP contribution in [0.25, 0.3) is 0 Å². The van der Waals surface area contributed by atoms with Gasteiger partial charge in [0.15, 0.2) is 0 Å². The molecule has 3 nitrogen and oxygen atoms in total. The molecule has 0 aliphatic rings. The smallest absolute Gasteiger partial charge is 0.225 e. The molecule has 0 fully saturated rings. The molecular weight excluding hydrogens is 152 g/mol. The third-order valence-corrected chi connectivity index (χ3v) is 1.28. The van der Waals surface area contributed by atoms with Crippen molar-refractivity contribution < 1.29 is 4.79 Å². The number of carbonyl (C=O) groups is 1. The maximum absolute atomic E-state index is 11.0. The van der Waals surface area contributed by atoms with Gasteiger partial charge in [-0.1, -0.05) is 5.57 Å². The summed E-state index contributed by atoms with van der Waals surface area (Å²) >= 11 is 0. The minimum absolute atomic E-state index is 0.00444. The van der Waals surface area contributed by atoms with Crippen molar-refractivity contribution in [1.82, 2.24) is 5.32 Å². The lowest BCUT2D eigenvalue weighted by molar-refractivity contribution is -0.119. The fraction of sp³-hybridized carbons (Fsp3) is 0.556. The van der Waals surface area contributed by atoms with Gasteiger partial charge in [0.05, 0.1) is 6.34 Å². The highest BCUT2D eigenvalue weighted by molar-refractivity contribution is 5.87. The standard InChI is InChI=1S/C9H16N2O/c1-4-10-7-11-9(12)6-5-8(2)3/h7H,2,4-6H2,1,3H3,(H,10,11,12). The Kier molecular flexibility index (Phi) is 5.97. The van der Waals surface area contributed by atoms with Gasteiger partial charge in [-0.2, -0.15) is 0 Å². The zero-order valence-corrected chi connectivity index (χ0v) is 7.76. The van der Waals surface area contributed by atoms with E-state index in [0.29, 0.717) is 13.0 Å². The van der Waals surface area contributed by atoms with E-state index in [2.05, 4.69) is 16.9 Å². The Hall–Kier alpha value is -1.12. The summed E-state index contributed by atoms with van der Waals surface area (Å²) in [5.41, 5.74) is 1.03. The van der Waals surface area contributed by atoms with Crippen LogP contribution in [0.2, 0.25) is 0 Å². The minimum Gasteiger partial charge on any atom is -0.317 e. The first-order chi connectivity index (χ1) is 5.66. The Balaban J connectivity index is 3.46. The largest absolute Gasteiger partial charge is 0.317 e. The van der Waals surface area contributed by atoms with Gasteiger partial charge in [0.2, 0.25) is 5.91 Å². The summed E-state index contributed by atoms with van der Waals surface area (Å²) in [6.45, 7) is 8.23. The van der Waals surface area contributed by atoms with Crippen LogP contribution < -0.4 is 5.32 Å². The van der Waals surface area contributed by atoms with Crippen LogP contribution in [0.4, 0.5) is 0 Å². The van der Waals surface area contributed by atoms with Crippen molar-refractivity contribution in [2.45, 2.75) is 26.7 Å². The Labute approximate surface area is 73.6 Å². The van der Waals surface area contributed by atoms with Crippen molar-refractivity contribution in [2.75, 3.05) is 6.54 Å². The second-order valence-corrected chi connectivity index (χ2v) is 2.65. The van der Waals surface area contributed by atoms with Crippen LogP contribution in [0.1, 0.15) is 26.7 Å². The molecule has 0 aromatic rings. The molecule has 1 amide bonds. The third kappa shape index (κ3) is 6.99. The second kappa shape index (κ2) is 6.58. The van der Waals surface area contributed by atoms with Crippen LogP contribution in [-0.4, -0.2) is 18.8 Å². The van der Waals surface area contributed by atoms with Crippen LogP contribution in [-0.2, 0) is 4.79 Å². The predicted octanol–water partition coefficient (Wildman–Crippen LogP) is 1.51. The van der Waals surface area contributed by atoms with Gasteiger partial charge in [-0.25, -0.2) is 0 Å². The summed E-state index contributed by atoms with van der Waals surface area (Å²) in [4.78, 5) is 14.8. The molecule has 0 spiro atoms. The lowest BCUT2D eigenvalue weighted by Crippen LogP contribution is -2.21. The molecule has 12 heavy (non-hydrogen) atoms. The van der Waals surface area contributed by atoms with E-state index in [0.717, 1.165) is 12.0 Å². The fourth-order valence-corrected chi connectivity index (χ4v) is 0.608. The lowest BCUT2D eigenvalue weighted by atomic mass is 10.2. The van der Waals surface area contributed by atoms with Crippen LogP contribution in [0, 0.1) is 0 Å². The van der Waals surface area contributed by atoms with Crippen LogP contribution in [0.15, 0.2) is 17.1 Å². The number of aliphatic imine (C=N–C) groups is 1. The molecule has 0 saturated carbocycles. The van der Waals surface area contributed by atoms with E-state index in [1.807, 2.05) is 13.8 Å². The van der Waals surface area contributed by atoms with Gasteiger partial charge in [-0.05, 0) is 20.3 Å². The molecular formula is C9H16N2O. The lowest BCUT2D eigenvalue weighted by Gasteiger charge is -1.98. The minimum atomic E-state index is -0.00444. The molecule has 0 radical (unpaired) electrons. The van der Waals surface area contributed by atoms with E-state index in [9.17, 15) is 4.79 Å². The Morgan fingerprint density at radius 2 is 2.25 bits per heavy atom. The van der Waals surface area contributed by atoms with Crippen molar-refractivity contribution in [1.29, 1.82) is 0 Å². The zero-order valence-electron chi connectivity index (χ0n) is 7.76. The van der Waals surface area contributed by atoms with E-state index < -0.39 is 0 Å². The second-order valence-electron chi connectivity index (χ2n) is 2.65. The molecule has 0 aliphatic heterocycles. The normalized spacial score (nSPS) is 10.2. The van der Waals surface area contributed by atoms with Gasteiger partial charge in [-0.3, -0.25) is 9.79 Å². The Morgan fingerprint density at radius 3 is 2.75 bits per heavy atom. The van der Waals surface area contributed by atoms with Gasteiger partial charge in [0.1, 0.15) is 0 Å². The number of hydrogen-bond donors (Lipinski definition) is 1. The highest BCUT2D eigenvalue weighted by Gasteiger charge is 1.97. The number of nitrogens with one attached hydrogen (secondary N) is 1. The summed E-state index contributed by atoms with van der Waals surface area (Å²) < 4.78 is 0. The number of carbonyl (C=O) groups excluding carboxylic acids is 1. The fourth-order valence-electron chi connectivity index (χ4n) is 0.608. The molecule has 0 saturated heterocycles. The first kappa shape index (κ1) is 10.9. The number of nitrogens with zero attached hydrogens (tertiary/aromatic N) is 1. The molecule has 0 unspecified atom stereocenters. The quantitative estimate of drug-likeness (QED) is 0.377. The van der Waals surface area contributed by atoms with Crippen molar-refractivity contribution in [3.05, 3.63) is 12.2 Å². The summed E-state index contributed by atoms with van der Waals surface area (Å²) in [6.07, 6.45) is 2.68. The van der Waals surface area contributed by atoms with E-state index >= 15 is 0 Å². The summed E-state index contributed by atoms with van der Waals surface area (Å²) in [6, 6.07) is 0. The van der Waals surface area contributed by atoms with Crippen LogP contribution >= 0.6 is 0 Å². The first-order valence-corrected chi connectivity index (χ1v) is 4.08. The van der Waals surface area contributed by atoms with E-state index in [4.69, 9.17) is 0 Å². The number of allylic oxidation sites excluding steroid dienone is 1. The Bertz CT molecular complexity index is 185. The van der Waals surface area contributed by atoms with Gasteiger partial charge in [0, 0.05) is 13.0 Å². The van der Waals surface area contributed by atoms with Crippen molar-refractivity contribution in [3.63, 3.8) is 0 Å². The van der Waals surface area contributed by atoms with Crippen molar-refractivity contribution >= 4 is 12.2 Å². The van der Waals surface area contributed by atoms with Crippen LogP contribution in [0.5, 0.6) is 0 Å². The topological polar surface area (TPSA) is 41.5 Å². The molecule has 0 aromatic carbocycles. The van der Waals surface area contributed by atoms with Crippen molar-refractivity contribution in [2.24, 2.45) is 4.99 Å². The summed E-state index contributed by atoms with van der Waals surface area (Å²) in [5, 5.41) is 2.57. The first-order valence-electron chi connectivity index (χ1n) is 4.08. The molecule has 1 N–H and O–H groups in total. The molecule has 0 rings (SSSR count). The highest BCUT2D eigenvalue weighted by atomic mass is 16.1. The molecule has 0 aliphatic carbocycles. The SMILES string of the molecule is C=C(C)CCC(=O)NC=NCC. The molecule has 3 heteroatoms. The third-order valence-electron chi connectivity index (χ3n) is 1.28. The van der Waals surface area contributed by atoms with Gasteiger partial charge in [0.25, 0.3) is 0 Å². The maximum atomic E-state index is 11.0. The average molecular weight is 168 g/mol. The monoisotopic (exact) mass is 168 g/mol. The number of hydrogen-bond acceptors (Lipinski definition) is 2. The molecule has 0 aromatic heterocycles. The highest BCUT2D eigenvalue weighted by Crippen LogP contribution is 1.98. The molecule has 0 atom stereocenters. The number of rotatable bonds is 5. The van der Waals surface area contributed by atoms with Gasteiger partial charge in [-0.15, -0.1) is 6.58 Å². The van der Waals surface area contributed by atoms with Gasteiger partial charge >= 0.3 is 0 Å². The van der Waals surface area contributed by atoms with Crippen LogP contribution in [0.3, 0.4) is 0 Å². The summed E-state index contributed by atoms with van der Waals surface area (Å²) in [5.74, 6) is -0.00444. The summed E-state index contributed by atoms with van der Waals surface area (Å²) in [7, 11) is 0. The van der Waals surface area contributed by atoms with Gasteiger partial charge < -0.3 is 5.32 Å². The molecule has 68 valence electrons. The molecule has 0 heterocycles. The molecule has 0 bridgehead atoms. The van der Waals surface area contributed by atoms with E-state index in [1.54, 1.807) is 0 Å². The zero-order chi connectivity index (χ0) is 9.40. The predicted molar refractivity (Wildman–Crippen MR) is 51.2 cm³/mol. The van der Waals surface area contributed by atoms with E-state index in [1.165, 1.54) is 6.34 Å². The average Bonchev–Trinajstić information content (AvgIpc) is 2.01. The maximum Gasteiger partial charge on any atom is 0.225 e. The van der Waals surface area contributed by atoms with E-state index in [-0.39, 0.29) is 5.91 Å².